The number of hydrogen-bond donors (Lipinski definition) is 1. The maximum absolute atomic E-state index is 12.3. The zero-order chi connectivity index (χ0) is 22.7. The number of methoxy groups -OCH3 is 1. The Morgan fingerprint density at radius 1 is 1.16 bits per heavy atom. The van der Waals surface area contributed by atoms with E-state index in [1.165, 1.54) is 26.4 Å². The largest absolute Gasteiger partial charge is 0.467 e. The number of hydrogen-bond acceptors (Lipinski definition) is 7. The normalized spacial score (nSPS) is 23.5. The third-order valence-corrected chi connectivity index (χ3v) is 7.12. The lowest BCUT2D eigenvalue weighted by Gasteiger charge is -2.39. The molecule has 1 aromatic heterocycles. The lowest BCUT2D eigenvalue weighted by atomic mass is 10.0. The molecular weight excluding hydrogens is 402 g/mol. The Labute approximate surface area is 191 Å². The van der Waals surface area contributed by atoms with Crippen LogP contribution >= 0.6 is 0 Å². The second-order valence-corrected chi connectivity index (χ2v) is 9.68. The molecule has 0 spiro atoms. The molecule has 2 heterocycles. The number of fused-ring (bicyclic) bond motifs is 1. The van der Waals surface area contributed by atoms with Gasteiger partial charge in [-0.2, -0.15) is 0 Å². The molecule has 0 amide bonds. The third-order valence-electron chi connectivity index (χ3n) is 7.12. The van der Waals surface area contributed by atoms with Crippen LogP contribution in [0.1, 0.15) is 45.9 Å². The summed E-state index contributed by atoms with van der Waals surface area (Å²) in [4.78, 5) is 27.1. The number of nitrogens with one attached hydrogen (secondary N) is 1. The number of para-hydroxylation sites is 1. The van der Waals surface area contributed by atoms with Crippen molar-refractivity contribution in [2.75, 3.05) is 38.6 Å². The van der Waals surface area contributed by atoms with Crippen molar-refractivity contribution in [3.63, 3.8) is 0 Å². The van der Waals surface area contributed by atoms with Crippen molar-refractivity contribution in [3.8, 4) is 0 Å². The molecule has 3 atom stereocenters. The Morgan fingerprint density at radius 2 is 1.91 bits per heavy atom. The first kappa shape index (κ1) is 22.9. The molecule has 0 bridgehead atoms. The summed E-state index contributed by atoms with van der Waals surface area (Å²) in [5.74, 6) is 2.12. The number of esters is 1. The van der Waals surface area contributed by atoms with Gasteiger partial charge in [0, 0.05) is 37.6 Å². The maximum Gasteiger partial charge on any atom is 0.328 e. The number of piperazine rings is 1. The van der Waals surface area contributed by atoms with E-state index in [2.05, 4.69) is 22.0 Å². The van der Waals surface area contributed by atoms with Crippen molar-refractivity contribution in [2.24, 2.45) is 11.8 Å². The van der Waals surface area contributed by atoms with E-state index in [0.717, 1.165) is 61.4 Å². The van der Waals surface area contributed by atoms with Gasteiger partial charge in [0.2, 0.25) is 0 Å². The van der Waals surface area contributed by atoms with Crippen LogP contribution in [0.2, 0.25) is 0 Å². The lowest BCUT2D eigenvalue weighted by molar-refractivity contribution is -0.142. The summed E-state index contributed by atoms with van der Waals surface area (Å²) in [6.45, 7) is 11.4. The molecule has 1 N–H and O–H groups in total. The Morgan fingerprint density at radius 3 is 2.56 bits per heavy atom. The molecular formula is C25H37N5O2. The van der Waals surface area contributed by atoms with E-state index in [1.807, 2.05) is 38.1 Å². The fraction of sp³-hybridized carbons (Fsp3) is 0.640. The molecule has 1 aromatic carbocycles. The number of ether oxygens (including phenoxy) is 1. The highest BCUT2D eigenvalue weighted by atomic mass is 16.5. The van der Waals surface area contributed by atoms with E-state index < -0.39 is 6.04 Å². The first-order chi connectivity index (χ1) is 15.5. The molecule has 7 nitrogen and oxygen atoms in total. The SMILES string of the molecule is COC(=O)[C@@H](Nc1nc(CN2CCN(C3CCCC3C)CC2)nc2ccccc12)C(C)C. The van der Waals surface area contributed by atoms with Crippen molar-refractivity contribution in [1.29, 1.82) is 0 Å². The molecule has 2 aromatic rings. The van der Waals surface area contributed by atoms with Crippen LogP contribution in [-0.2, 0) is 16.1 Å². The molecule has 7 heteroatoms. The molecule has 4 rings (SSSR count). The highest BCUT2D eigenvalue weighted by Gasteiger charge is 2.31. The summed E-state index contributed by atoms with van der Waals surface area (Å²) in [6, 6.07) is 8.28. The molecule has 0 radical (unpaired) electrons. The number of carbonyl (C=O) groups excluding carboxylic acids is 1. The van der Waals surface area contributed by atoms with Crippen LogP contribution in [-0.4, -0.2) is 71.1 Å². The van der Waals surface area contributed by atoms with E-state index >= 15 is 0 Å². The first-order valence-corrected chi connectivity index (χ1v) is 12.0. The van der Waals surface area contributed by atoms with Gasteiger partial charge in [-0.05, 0) is 36.8 Å². The highest BCUT2D eigenvalue weighted by molar-refractivity contribution is 5.91. The molecule has 2 unspecified atom stereocenters. The van der Waals surface area contributed by atoms with Crippen molar-refractivity contribution in [3.05, 3.63) is 30.1 Å². The molecule has 2 fully saturated rings. The third kappa shape index (κ3) is 5.04. The predicted octanol–water partition coefficient (Wildman–Crippen LogP) is 3.55. The van der Waals surface area contributed by atoms with E-state index in [1.54, 1.807) is 0 Å². The standard InChI is InChI=1S/C25H37N5O2/c1-17(2)23(25(31)32-4)28-24-19-9-5-6-10-20(19)26-22(27-24)16-29-12-14-30(15-13-29)21-11-7-8-18(21)3/h5-6,9-10,17-18,21,23H,7-8,11-16H2,1-4H3,(H,26,27,28)/t18?,21?,23-/m0/s1. The fourth-order valence-corrected chi connectivity index (χ4v) is 5.20. The topological polar surface area (TPSA) is 70.6 Å². The zero-order valence-electron chi connectivity index (χ0n) is 19.9. The Balaban J connectivity index is 1.49. The van der Waals surface area contributed by atoms with Crippen LogP contribution in [0.25, 0.3) is 10.9 Å². The molecule has 2 aliphatic rings. The zero-order valence-corrected chi connectivity index (χ0v) is 19.9. The summed E-state index contributed by atoms with van der Waals surface area (Å²) in [5, 5.41) is 4.27. The molecule has 1 saturated heterocycles. The fourth-order valence-electron chi connectivity index (χ4n) is 5.20. The van der Waals surface area contributed by atoms with Gasteiger partial charge in [-0.15, -0.1) is 0 Å². The number of benzene rings is 1. The van der Waals surface area contributed by atoms with Gasteiger partial charge >= 0.3 is 5.97 Å². The molecule has 32 heavy (non-hydrogen) atoms. The van der Waals surface area contributed by atoms with Gasteiger partial charge in [0.15, 0.2) is 0 Å². The van der Waals surface area contributed by atoms with Crippen LogP contribution in [0.4, 0.5) is 5.82 Å². The van der Waals surface area contributed by atoms with E-state index in [-0.39, 0.29) is 11.9 Å². The van der Waals surface area contributed by atoms with Crippen molar-refractivity contribution >= 4 is 22.7 Å². The number of aromatic nitrogens is 2. The molecule has 174 valence electrons. The maximum atomic E-state index is 12.3. The van der Waals surface area contributed by atoms with Crippen LogP contribution in [0.15, 0.2) is 24.3 Å². The quantitative estimate of drug-likeness (QED) is 0.662. The van der Waals surface area contributed by atoms with Crippen molar-refractivity contribution < 1.29 is 9.53 Å². The van der Waals surface area contributed by atoms with Crippen LogP contribution in [0.3, 0.4) is 0 Å². The average molecular weight is 440 g/mol. The van der Waals surface area contributed by atoms with Crippen LogP contribution in [0, 0.1) is 11.8 Å². The van der Waals surface area contributed by atoms with Gasteiger partial charge in [-0.25, -0.2) is 14.8 Å². The van der Waals surface area contributed by atoms with E-state index in [0.29, 0.717) is 5.82 Å². The predicted molar refractivity (Wildman–Crippen MR) is 127 cm³/mol. The summed E-state index contributed by atoms with van der Waals surface area (Å²) in [6.07, 6.45) is 4.09. The van der Waals surface area contributed by atoms with E-state index in [9.17, 15) is 4.79 Å². The molecule has 1 aliphatic carbocycles. The average Bonchev–Trinajstić information content (AvgIpc) is 3.23. The summed E-state index contributed by atoms with van der Waals surface area (Å²) >= 11 is 0. The second-order valence-electron chi connectivity index (χ2n) is 9.68. The van der Waals surface area contributed by atoms with Gasteiger partial charge in [0.25, 0.3) is 0 Å². The summed E-state index contributed by atoms with van der Waals surface area (Å²) < 4.78 is 5.01. The van der Waals surface area contributed by atoms with E-state index in [4.69, 9.17) is 14.7 Å². The lowest BCUT2D eigenvalue weighted by Crippen LogP contribution is -2.50. The second kappa shape index (κ2) is 10.1. The molecule has 1 aliphatic heterocycles. The summed E-state index contributed by atoms with van der Waals surface area (Å²) in [7, 11) is 1.43. The monoisotopic (exact) mass is 439 g/mol. The first-order valence-electron chi connectivity index (χ1n) is 12.0. The van der Waals surface area contributed by atoms with Gasteiger partial charge in [0.05, 0.1) is 19.2 Å². The minimum atomic E-state index is -0.455. The van der Waals surface area contributed by atoms with Gasteiger partial charge in [-0.1, -0.05) is 39.3 Å². The minimum absolute atomic E-state index is 0.0747. The Hall–Kier alpha value is -2.25. The minimum Gasteiger partial charge on any atom is -0.467 e. The number of carbonyl (C=O) groups is 1. The number of anilines is 1. The number of nitrogens with zero attached hydrogens (tertiary/aromatic N) is 4. The molecule has 1 saturated carbocycles. The summed E-state index contributed by atoms with van der Waals surface area (Å²) in [5.41, 5.74) is 0.894. The number of rotatable bonds is 7. The van der Waals surface area contributed by atoms with Crippen LogP contribution < -0.4 is 5.32 Å². The van der Waals surface area contributed by atoms with Gasteiger partial charge < -0.3 is 10.1 Å². The highest BCUT2D eigenvalue weighted by Crippen LogP contribution is 2.30. The van der Waals surface area contributed by atoms with Crippen LogP contribution in [0.5, 0.6) is 0 Å². The Kier molecular flexibility index (Phi) is 7.26. The Bertz CT molecular complexity index is 926. The van der Waals surface area contributed by atoms with Gasteiger partial charge in [0.1, 0.15) is 17.7 Å². The van der Waals surface area contributed by atoms with Gasteiger partial charge in [-0.3, -0.25) is 9.80 Å². The smallest absolute Gasteiger partial charge is 0.328 e. The van der Waals surface area contributed by atoms with Crippen molar-refractivity contribution in [1.82, 2.24) is 19.8 Å². The van der Waals surface area contributed by atoms with Crippen molar-refractivity contribution in [2.45, 2.75) is 58.7 Å².